The molecule has 0 atom stereocenters. The summed E-state index contributed by atoms with van der Waals surface area (Å²) in [4.78, 5) is 5.81. The molecule has 0 aliphatic carbocycles. The molecule has 1 saturated heterocycles. The number of aliphatic hydroxyl groups is 1. The van der Waals surface area contributed by atoms with Gasteiger partial charge in [-0.3, -0.25) is 4.90 Å². The van der Waals surface area contributed by atoms with Crippen LogP contribution < -0.4 is 4.90 Å². The molecule has 1 aliphatic heterocycles. The van der Waals surface area contributed by atoms with Crippen molar-refractivity contribution in [1.82, 2.24) is 19.9 Å². The summed E-state index contributed by atoms with van der Waals surface area (Å²) in [5.41, 5.74) is 2.36. The van der Waals surface area contributed by atoms with Crippen molar-refractivity contribution < 1.29 is 5.11 Å². The molecule has 1 aliphatic rings. The van der Waals surface area contributed by atoms with Crippen molar-refractivity contribution in [3.05, 3.63) is 35.5 Å². The normalized spacial score (nSPS) is 15.6. The van der Waals surface area contributed by atoms with Gasteiger partial charge in [0, 0.05) is 32.7 Å². The molecule has 1 aromatic carbocycles. The number of aliphatic hydroxyl groups excluding tert-OH is 1. The van der Waals surface area contributed by atoms with Gasteiger partial charge in [-0.15, -0.1) is 15.0 Å². The number of piperazine rings is 1. The Morgan fingerprint density at radius 2 is 1.83 bits per heavy atom. The number of rotatable bonds is 4. The zero-order valence-corrected chi connectivity index (χ0v) is 13.2. The summed E-state index contributed by atoms with van der Waals surface area (Å²) in [6.45, 7) is 6.15. The van der Waals surface area contributed by atoms with E-state index in [9.17, 15) is 5.26 Å². The van der Waals surface area contributed by atoms with Gasteiger partial charge in [0.25, 0.3) is 0 Å². The number of aromatic nitrogens is 3. The van der Waals surface area contributed by atoms with Gasteiger partial charge in [0.1, 0.15) is 6.07 Å². The standard InChI is InChI=1S/C16H20N6O/c1-13-2-4-14(5-3-13)22-18-15(12-17)16(19-22)21-8-6-20(7-9-21)10-11-23/h2-5,23H,6-11H2,1H3. The van der Waals surface area contributed by atoms with Gasteiger partial charge in [-0.25, -0.2) is 0 Å². The summed E-state index contributed by atoms with van der Waals surface area (Å²) < 4.78 is 0. The monoisotopic (exact) mass is 312 g/mol. The van der Waals surface area contributed by atoms with E-state index in [-0.39, 0.29) is 6.61 Å². The number of hydrogen-bond acceptors (Lipinski definition) is 6. The van der Waals surface area contributed by atoms with E-state index < -0.39 is 0 Å². The number of aryl methyl sites for hydroxylation is 1. The first kappa shape index (κ1) is 15.5. The zero-order valence-electron chi connectivity index (χ0n) is 13.2. The van der Waals surface area contributed by atoms with Gasteiger partial charge in [-0.05, 0) is 19.1 Å². The first-order chi connectivity index (χ1) is 11.2. The van der Waals surface area contributed by atoms with Gasteiger partial charge in [0.2, 0.25) is 5.69 Å². The molecule has 7 nitrogen and oxygen atoms in total. The van der Waals surface area contributed by atoms with Crippen LogP contribution in [0.25, 0.3) is 5.69 Å². The van der Waals surface area contributed by atoms with Crippen molar-refractivity contribution in [1.29, 1.82) is 5.26 Å². The summed E-state index contributed by atoms with van der Waals surface area (Å²) in [6, 6.07) is 10.0. The van der Waals surface area contributed by atoms with Crippen LogP contribution in [0.3, 0.4) is 0 Å². The average molecular weight is 312 g/mol. The van der Waals surface area contributed by atoms with Crippen LogP contribution in [0.2, 0.25) is 0 Å². The maximum atomic E-state index is 9.35. The first-order valence-electron chi connectivity index (χ1n) is 7.74. The van der Waals surface area contributed by atoms with E-state index in [4.69, 9.17) is 5.11 Å². The maximum absolute atomic E-state index is 9.35. The Morgan fingerprint density at radius 1 is 1.13 bits per heavy atom. The van der Waals surface area contributed by atoms with E-state index in [2.05, 4.69) is 26.1 Å². The fourth-order valence-electron chi connectivity index (χ4n) is 2.70. The second-order valence-corrected chi connectivity index (χ2v) is 5.66. The Kier molecular flexibility index (Phi) is 4.55. The van der Waals surface area contributed by atoms with Crippen LogP contribution in [0, 0.1) is 18.3 Å². The van der Waals surface area contributed by atoms with Gasteiger partial charge in [0.05, 0.1) is 12.3 Å². The molecule has 7 heteroatoms. The van der Waals surface area contributed by atoms with Gasteiger partial charge >= 0.3 is 0 Å². The molecule has 0 amide bonds. The Labute approximate surface area is 135 Å². The Morgan fingerprint density at radius 3 is 2.43 bits per heavy atom. The highest BCUT2D eigenvalue weighted by Crippen LogP contribution is 2.19. The summed E-state index contributed by atoms with van der Waals surface area (Å²) in [5, 5.41) is 27.2. The Hall–Kier alpha value is -2.43. The topological polar surface area (TPSA) is 81.2 Å². The van der Waals surface area contributed by atoms with Crippen molar-refractivity contribution in [3.63, 3.8) is 0 Å². The molecule has 2 aromatic rings. The highest BCUT2D eigenvalue weighted by Gasteiger charge is 2.23. The van der Waals surface area contributed by atoms with Gasteiger partial charge in [0.15, 0.2) is 5.82 Å². The predicted octanol–water partition coefficient (Wildman–Crippen LogP) is 0.562. The third kappa shape index (κ3) is 3.33. The lowest BCUT2D eigenvalue weighted by molar-refractivity contribution is 0.188. The summed E-state index contributed by atoms with van der Waals surface area (Å²) >= 11 is 0. The van der Waals surface area contributed by atoms with E-state index in [1.807, 2.05) is 31.2 Å². The van der Waals surface area contributed by atoms with Gasteiger partial charge < -0.3 is 10.0 Å². The number of hydrogen-bond donors (Lipinski definition) is 1. The molecule has 120 valence electrons. The predicted molar refractivity (Wildman–Crippen MR) is 86.5 cm³/mol. The van der Waals surface area contributed by atoms with Crippen molar-refractivity contribution in [2.24, 2.45) is 0 Å². The lowest BCUT2D eigenvalue weighted by Crippen LogP contribution is -2.47. The average Bonchev–Trinajstić information content (AvgIpc) is 3.01. The van der Waals surface area contributed by atoms with Crippen LogP contribution in [-0.2, 0) is 0 Å². The van der Waals surface area contributed by atoms with E-state index >= 15 is 0 Å². The SMILES string of the molecule is Cc1ccc(-n2nc(C#N)c(N3CCN(CCO)CC3)n2)cc1. The first-order valence-corrected chi connectivity index (χ1v) is 7.74. The van der Waals surface area contributed by atoms with E-state index in [1.165, 1.54) is 10.4 Å². The third-order valence-corrected chi connectivity index (χ3v) is 4.05. The fourth-order valence-corrected chi connectivity index (χ4v) is 2.70. The minimum atomic E-state index is 0.174. The molecule has 1 aromatic heterocycles. The van der Waals surface area contributed by atoms with Crippen LogP contribution >= 0.6 is 0 Å². The zero-order chi connectivity index (χ0) is 16.2. The van der Waals surface area contributed by atoms with Crippen LogP contribution in [0.1, 0.15) is 11.3 Å². The Bertz CT molecular complexity index is 694. The van der Waals surface area contributed by atoms with E-state index in [1.54, 1.807) is 0 Å². The van der Waals surface area contributed by atoms with E-state index in [0.29, 0.717) is 18.1 Å². The second-order valence-electron chi connectivity index (χ2n) is 5.66. The summed E-state index contributed by atoms with van der Waals surface area (Å²) in [5.74, 6) is 0.636. The van der Waals surface area contributed by atoms with Crippen molar-refractivity contribution in [3.8, 4) is 11.8 Å². The molecule has 0 bridgehead atoms. The van der Waals surface area contributed by atoms with Crippen LogP contribution in [0.5, 0.6) is 0 Å². The molecule has 0 spiro atoms. The van der Waals surface area contributed by atoms with Crippen LogP contribution in [0.4, 0.5) is 5.82 Å². The lowest BCUT2D eigenvalue weighted by Gasteiger charge is -2.34. The highest BCUT2D eigenvalue weighted by atomic mass is 16.3. The number of anilines is 1. The molecule has 3 rings (SSSR count). The van der Waals surface area contributed by atoms with E-state index in [0.717, 1.165) is 31.9 Å². The van der Waals surface area contributed by atoms with Crippen molar-refractivity contribution >= 4 is 5.82 Å². The van der Waals surface area contributed by atoms with Crippen molar-refractivity contribution in [2.45, 2.75) is 6.92 Å². The van der Waals surface area contributed by atoms with Gasteiger partial charge in [-0.2, -0.15) is 5.26 Å². The maximum Gasteiger partial charge on any atom is 0.207 e. The lowest BCUT2D eigenvalue weighted by atomic mass is 10.2. The van der Waals surface area contributed by atoms with Crippen LogP contribution in [0.15, 0.2) is 24.3 Å². The number of β-amino-alcohol motifs (C(OH)–C–C–N with tert-alkyl or cyclic N) is 1. The molecule has 1 N–H and O–H groups in total. The second kappa shape index (κ2) is 6.77. The molecule has 0 radical (unpaired) electrons. The summed E-state index contributed by atoms with van der Waals surface area (Å²) in [7, 11) is 0. The molecule has 1 fully saturated rings. The molecule has 2 heterocycles. The Balaban J connectivity index is 1.80. The molecule has 23 heavy (non-hydrogen) atoms. The minimum absolute atomic E-state index is 0.174. The largest absolute Gasteiger partial charge is 0.395 e. The molecular weight excluding hydrogens is 292 g/mol. The van der Waals surface area contributed by atoms with Gasteiger partial charge in [-0.1, -0.05) is 17.7 Å². The van der Waals surface area contributed by atoms with Crippen LogP contribution in [-0.4, -0.2) is 64.3 Å². The minimum Gasteiger partial charge on any atom is -0.395 e. The summed E-state index contributed by atoms with van der Waals surface area (Å²) in [6.07, 6.45) is 0. The molecule has 0 saturated carbocycles. The molecule has 0 unspecified atom stereocenters. The molecular formula is C16H20N6O. The van der Waals surface area contributed by atoms with Crippen molar-refractivity contribution in [2.75, 3.05) is 44.2 Å². The fraction of sp³-hybridized carbons (Fsp3) is 0.438. The number of nitriles is 1. The quantitative estimate of drug-likeness (QED) is 0.888. The highest BCUT2D eigenvalue weighted by molar-refractivity contribution is 5.50. The smallest absolute Gasteiger partial charge is 0.207 e. The third-order valence-electron chi connectivity index (χ3n) is 4.05. The number of benzene rings is 1. The number of nitrogens with zero attached hydrogens (tertiary/aromatic N) is 6.